The number of carbonyl (C=O) groups excluding carboxylic acids is 2. The Balaban J connectivity index is 3.37. The zero-order chi connectivity index (χ0) is 58.5. The quantitative estimate of drug-likeness (QED) is 0.0320. The van der Waals surface area contributed by atoms with E-state index in [4.69, 9.17) is 4.74 Å². The van der Waals surface area contributed by atoms with Gasteiger partial charge in [-0.25, -0.2) is 0 Å². The van der Waals surface area contributed by atoms with Crippen LogP contribution in [0.1, 0.15) is 393 Å². The summed E-state index contributed by atoms with van der Waals surface area (Å²) < 4.78 is 5.51. The number of ether oxygens (including phenoxy) is 1. The Kier molecular flexibility index (Phi) is 68.4. The lowest BCUT2D eigenvalue weighted by Gasteiger charge is -2.20. The highest BCUT2D eigenvalue weighted by Crippen LogP contribution is 2.18. The molecule has 0 heterocycles. The summed E-state index contributed by atoms with van der Waals surface area (Å²) in [4.78, 5) is 24.6. The number of esters is 1. The largest absolute Gasteiger partial charge is 0.466 e. The van der Waals surface area contributed by atoms with E-state index >= 15 is 0 Å². The Hall–Kier alpha value is -2.18. The summed E-state index contributed by atoms with van der Waals surface area (Å²) in [6.07, 6.45) is 92.0. The predicted molar refractivity (Wildman–Crippen MR) is 356 cm³/mol. The van der Waals surface area contributed by atoms with Crippen molar-refractivity contribution in [3.05, 3.63) is 48.6 Å². The molecule has 1 amide bonds. The molecular formula is C75H141NO5. The molecule has 0 saturated heterocycles. The number of nitrogens with one attached hydrogen (secondary N) is 1. The van der Waals surface area contributed by atoms with Crippen LogP contribution in [0.15, 0.2) is 48.6 Å². The van der Waals surface area contributed by atoms with Gasteiger partial charge in [0, 0.05) is 12.8 Å². The van der Waals surface area contributed by atoms with Crippen molar-refractivity contribution >= 4 is 11.9 Å². The third kappa shape index (κ3) is 66.8. The standard InChI is InChI=1S/C75H141NO5/c1-3-5-7-9-11-13-15-17-19-20-33-37-41-45-49-53-57-61-65-69-75(80)81-70-66-62-58-54-50-46-42-38-35-32-30-28-26-24-22-21-23-25-27-29-31-34-36-40-44-48-52-56-60-64-68-74(79)76-72(71-77)73(78)67-63-59-55-51-47-43-39-18-16-14-12-10-8-6-4-2/h11,13,17,19,22,24,63,67,72-73,77-78H,3-10,12,14-16,18,20-21,23,25-62,64-66,68-71H2,1-2H3,(H,76,79)/b13-11-,19-17-,24-22-,67-63+. The van der Waals surface area contributed by atoms with Gasteiger partial charge in [0.2, 0.25) is 5.91 Å². The van der Waals surface area contributed by atoms with Gasteiger partial charge in [-0.2, -0.15) is 0 Å². The van der Waals surface area contributed by atoms with Crippen molar-refractivity contribution in [3.8, 4) is 0 Å². The number of carbonyl (C=O) groups is 2. The molecule has 0 spiro atoms. The van der Waals surface area contributed by atoms with Crippen molar-refractivity contribution in [1.29, 1.82) is 0 Å². The van der Waals surface area contributed by atoms with Crippen LogP contribution in [0, 0.1) is 0 Å². The molecule has 0 aliphatic carbocycles. The molecule has 0 bridgehead atoms. The number of hydrogen-bond acceptors (Lipinski definition) is 5. The van der Waals surface area contributed by atoms with Crippen molar-refractivity contribution in [2.45, 2.75) is 405 Å². The maximum atomic E-state index is 12.5. The second kappa shape index (κ2) is 70.3. The van der Waals surface area contributed by atoms with Gasteiger partial charge in [0.1, 0.15) is 0 Å². The van der Waals surface area contributed by atoms with E-state index in [1.807, 2.05) is 6.08 Å². The first-order valence-corrected chi connectivity index (χ1v) is 36.4. The van der Waals surface area contributed by atoms with Crippen LogP contribution in [0.3, 0.4) is 0 Å². The molecular weight excluding hydrogens is 995 g/mol. The molecule has 0 saturated carbocycles. The fourth-order valence-corrected chi connectivity index (χ4v) is 11.3. The maximum absolute atomic E-state index is 12.5. The van der Waals surface area contributed by atoms with Gasteiger partial charge in [-0.05, 0) is 89.9 Å². The van der Waals surface area contributed by atoms with Crippen molar-refractivity contribution < 1.29 is 24.5 Å². The molecule has 0 fully saturated rings. The summed E-state index contributed by atoms with van der Waals surface area (Å²) >= 11 is 0. The van der Waals surface area contributed by atoms with Crippen molar-refractivity contribution in [3.63, 3.8) is 0 Å². The summed E-state index contributed by atoms with van der Waals surface area (Å²) in [6.45, 7) is 4.90. The molecule has 2 unspecified atom stereocenters. The molecule has 6 heteroatoms. The molecule has 0 aromatic heterocycles. The van der Waals surface area contributed by atoms with Crippen LogP contribution in [0.5, 0.6) is 0 Å². The summed E-state index contributed by atoms with van der Waals surface area (Å²) in [6, 6.07) is -0.627. The van der Waals surface area contributed by atoms with Crippen LogP contribution in [-0.2, 0) is 14.3 Å². The molecule has 0 aromatic carbocycles. The van der Waals surface area contributed by atoms with Crippen LogP contribution < -0.4 is 5.32 Å². The van der Waals surface area contributed by atoms with Crippen LogP contribution in [-0.4, -0.2) is 47.4 Å². The van der Waals surface area contributed by atoms with Crippen molar-refractivity contribution in [2.24, 2.45) is 0 Å². The highest BCUT2D eigenvalue weighted by Gasteiger charge is 2.18. The van der Waals surface area contributed by atoms with E-state index in [2.05, 4.69) is 55.6 Å². The first-order valence-electron chi connectivity index (χ1n) is 36.4. The van der Waals surface area contributed by atoms with E-state index in [-0.39, 0.29) is 18.5 Å². The number of aliphatic hydroxyl groups is 2. The van der Waals surface area contributed by atoms with Gasteiger partial charge < -0.3 is 20.3 Å². The third-order valence-electron chi connectivity index (χ3n) is 16.8. The SMILES string of the molecule is CCCCC/C=C\C/C=C\CCCCCCCCCCCC(=O)OCCCCCCCCCCCCCC/C=C\CCCCCCCCCCCCCCCCC(=O)NC(CO)C(O)/C=C/CCCCCCCCCCCCCCC. The molecule has 2 atom stereocenters. The number of amides is 1. The zero-order valence-electron chi connectivity index (χ0n) is 54.5. The third-order valence-corrected chi connectivity index (χ3v) is 16.8. The van der Waals surface area contributed by atoms with Crippen LogP contribution in [0.25, 0.3) is 0 Å². The predicted octanol–water partition coefficient (Wildman–Crippen LogP) is 23.6. The van der Waals surface area contributed by atoms with E-state index in [0.717, 1.165) is 51.4 Å². The Bertz CT molecular complexity index is 1360. The Morgan fingerprint density at radius 1 is 0.346 bits per heavy atom. The second-order valence-electron chi connectivity index (χ2n) is 24.9. The summed E-state index contributed by atoms with van der Waals surface area (Å²) in [7, 11) is 0. The molecule has 0 aromatic rings. The number of aliphatic hydroxyl groups excluding tert-OH is 2. The molecule has 0 rings (SSSR count). The summed E-state index contributed by atoms with van der Waals surface area (Å²) in [5, 5.41) is 23.2. The number of allylic oxidation sites excluding steroid dienone is 7. The lowest BCUT2D eigenvalue weighted by Crippen LogP contribution is -2.45. The lowest BCUT2D eigenvalue weighted by atomic mass is 10.0. The first-order chi connectivity index (χ1) is 40.0. The van der Waals surface area contributed by atoms with Gasteiger partial charge in [0.05, 0.1) is 25.4 Å². The Labute approximate surface area is 506 Å². The minimum absolute atomic E-state index is 0.0132. The van der Waals surface area contributed by atoms with Crippen LogP contribution in [0.2, 0.25) is 0 Å². The van der Waals surface area contributed by atoms with Crippen molar-refractivity contribution in [2.75, 3.05) is 13.2 Å². The molecule has 6 nitrogen and oxygen atoms in total. The van der Waals surface area contributed by atoms with Gasteiger partial charge in [-0.1, -0.05) is 339 Å². The van der Waals surface area contributed by atoms with Gasteiger partial charge in [0.15, 0.2) is 0 Å². The molecule has 0 aliphatic rings. The number of hydrogen-bond donors (Lipinski definition) is 3. The van der Waals surface area contributed by atoms with Gasteiger partial charge in [0.25, 0.3) is 0 Å². The fourth-order valence-electron chi connectivity index (χ4n) is 11.3. The molecule has 3 N–H and O–H groups in total. The minimum atomic E-state index is -0.844. The number of rotatable bonds is 68. The summed E-state index contributed by atoms with van der Waals surface area (Å²) in [5.74, 6) is -0.0514. The minimum Gasteiger partial charge on any atom is -0.466 e. The highest BCUT2D eigenvalue weighted by atomic mass is 16.5. The smallest absolute Gasteiger partial charge is 0.305 e. The van der Waals surface area contributed by atoms with E-state index < -0.39 is 12.1 Å². The fraction of sp³-hybridized carbons (Fsp3) is 0.867. The second-order valence-corrected chi connectivity index (χ2v) is 24.9. The average molecular weight is 1140 g/mol. The Morgan fingerprint density at radius 3 is 0.975 bits per heavy atom. The lowest BCUT2D eigenvalue weighted by molar-refractivity contribution is -0.143. The average Bonchev–Trinajstić information content (AvgIpc) is 3.47. The molecule has 0 aliphatic heterocycles. The molecule has 476 valence electrons. The zero-order valence-corrected chi connectivity index (χ0v) is 54.5. The van der Waals surface area contributed by atoms with E-state index in [1.165, 1.54) is 315 Å². The van der Waals surface area contributed by atoms with Crippen LogP contribution in [0.4, 0.5) is 0 Å². The van der Waals surface area contributed by atoms with Gasteiger partial charge in [-0.15, -0.1) is 0 Å². The van der Waals surface area contributed by atoms with Gasteiger partial charge in [-0.3, -0.25) is 9.59 Å². The highest BCUT2D eigenvalue weighted by molar-refractivity contribution is 5.76. The normalized spacial score (nSPS) is 12.8. The van der Waals surface area contributed by atoms with E-state index in [0.29, 0.717) is 19.4 Å². The maximum Gasteiger partial charge on any atom is 0.305 e. The number of unbranched alkanes of at least 4 members (excludes halogenated alkanes) is 51. The van der Waals surface area contributed by atoms with E-state index in [1.54, 1.807) is 6.08 Å². The molecule has 0 radical (unpaired) electrons. The molecule has 81 heavy (non-hydrogen) atoms. The Morgan fingerprint density at radius 2 is 0.617 bits per heavy atom. The topological polar surface area (TPSA) is 95.9 Å². The monoisotopic (exact) mass is 1140 g/mol. The first kappa shape index (κ1) is 78.8. The van der Waals surface area contributed by atoms with Gasteiger partial charge >= 0.3 is 5.97 Å². The van der Waals surface area contributed by atoms with Crippen LogP contribution >= 0.6 is 0 Å². The summed E-state index contributed by atoms with van der Waals surface area (Å²) in [5.41, 5.74) is 0. The van der Waals surface area contributed by atoms with E-state index in [9.17, 15) is 19.8 Å². The van der Waals surface area contributed by atoms with Crippen molar-refractivity contribution in [1.82, 2.24) is 5.32 Å².